The zero-order valence-corrected chi connectivity index (χ0v) is 30.0. The number of halogens is 1. The molecule has 0 bridgehead atoms. The number of aromatic hydroxyl groups is 2. The minimum absolute atomic E-state index is 0.0975. The lowest BCUT2D eigenvalue weighted by molar-refractivity contribution is -0.140. The van der Waals surface area contributed by atoms with Gasteiger partial charge in [-0.3, -0.25) is 24.1 Å². The lowest BCUT2D eigenvalue weighted by atomic mass is 9.44. The van der Waals surface area contributed by atoms with Crippen LogP contribution >= 0.6 is 15.9 Å². The lowest BCUT2D eigenvalue weighted by Crippen LogP contribution is -2.58. The van der Waals surface area contributed by atoms with Crippen LogP contribution in [0.15, 0.2) is 119 Å². The lowest BCUT2D eigenvalue weighted by Gasteiger charge is -2.55. The summed E-state index contributed by atoms with van der Waals surface area (Å²) < 4.78 is 5.95. The highest BCUT2D eigenvalue weighted by molar-refractivity contribution is 9.10. The smallest absolute Gasteiger partial charge is 0.233 e. The number of phenols is 2. The van der Waals surface area contributed by atoms with Gasteiger partial charge in [-0.25, -0.2) is 0 Å². The van der Waals surface area contributed by atoms with Crippen molar-refractivity contribution < 1.29 is 34.1 Å². The van der Waals surface area contributed by atoms with Crippen LogP contribution < -0.4 is 4.74 Å². The molecule has 9 heteroatoms. The Morgan fingerprint density at radius 3 is 2.25 bits per heavy atom. The van der Waals surface area contributed by atoms with Gasteiger partial charge in [-0.2, -0.15) is 0 Å². The Kier molecular flexibility index (Phi) is 8.49. The number of ketones is 2. The van der Waals surface area contributed by atoms with Gasteiger partial charge in [0.25, 0.3) is 0 Å². The van der Waals surface area contributed by atoms with Gasteiger partial charge >= 0.3 is 0 Å². The molecule has 262 valence electrons. The van der Waals surface area contributed by atoms with Gasteiger partial charge in [-0.05, 0) is 93.7 Å². The first-order valence-electron chi connectivity index (χ1n) is 17.5. The molecule has 4 aromatic carbocycles. The van der Waals surface area contributed by atoms with E-state index in [1.165, 1.54) is 18.1 Å². The van der Waals surface area contributed by atoms with Crippen molar-refractivity contribution in [2.24, 2.45) is 23.7 Å². The summed E-state index contributed by atoms with van der Waals surface area (Å²) in [5.74, 6) is -4.09. The molecule has 1 saturated carbocycles. The van der Waals surface area contributed by atoms with Gasteiger partial charge in [0, 0.05) is 24.0 Å². The average Bonchev–Trinajstić information content (AvgIpc) is 3.41. The van der Waals surface area contributed by atoms with E-state index in [9.17, 15) is 19.8 Å². The molecule has 6 atom stereocenters. The molecular formula is C43H36BrNO7. The summed E-state index contributed by atoms with van der Waals surface area (Å²) in [5.41, 5.74) is 2.62. The number of ether oxygens (including phenoxy) is 1. The van der Waals surface area contributed by atoms with Crippen molar-refractivity contribution in [3.8, 4) is 17.2 Å². The Hall–Kier alpha value is -5.28. The number of rotatable bonds is 7. The molecule has 0 unspecified atom stereocenters. The summed E-state index contributed by atoms with van der Waals surface area (Å²) in [7, 11) is 1.45. The fourth-order valence-corrected chi connectivity index (χ4v) is 9.81. The number of imide groups is 1. The zero-order chi connectivity index (χ0) is 36.3. The van der Waals surface area contributed by atoms with Gasteiger partial charge in [-0.15, -0.1) is 0 Å². The van der Waals surface area contributed by atoms with Crippen molar-refractivity contribution in [1.82, 2.24) is 4.90 Å². The number of hydrogen-bond acceptors (Lipinski definition) is 7. The molecule has 2 amide bonds. The van der Waals surface area contributed by atoms with Crippen LogP contribution in [0.1, 0.15) is 41.0 Å². The molecule has 0 radical (unpaired) electrons. The molecule has 3 aliphatic carbocycles. The summed E-state index contributed by atoms with van der Waals surface area (Å²) in [6, 6.07) is 28.7. The topological polar surface area (TPSA) is 121 Å². The van der Waals surface area contributed by atoms with Crippen LogP contribution in [0.2, 0.25) is 0 Å². The van der Waals surface area contributed by atoms with Gasteiger partial charge in [-0.1, -0.05) is 84.4 Å². The molecule has 1 saturated heterocycles. The fourth-order valence-electron chi connectivity index (χ4n) is 9.35. The van der Waals surface area contributed by atoms with Crippen molar-refractivity contribution in [2.45, 2.75) is 30.6 Å². The van der Waals surface area contributed by atoms with Crippen LogP contribution in [0.3, 0.4) is 0 Å². The number of nitrogens with zero attached hydrogens (tertiary/aromatic N) is 1. The maximum absolute atomic E-state index is 15.2. The molecule has 4 aromatic rings. The molecule has 8 rings (SSSR count). The second kappa shape index (κ2) is 13.0. The van der Waals surface area contributed by atoms with E-state index in [-0.39, 0.29) is 53.6 Å². The molecule has 1 heterocycles. The molecule has 8 nitrogen and oxygen atoms in total. The number of carbonyl (C=O) groups is 4. The van der Waals surface area contributed by atoms with Gasteiger partial charge in [0.15, 0.2) is 23.1 Å². The fraction of sp³-hybridized carbons (Fsp3) is 0.256. The van der Waals surface area contributed by atoms with E-state index in [0.29, 0.717) is 39.6 Å². The maximum atomic E-state index is 15.2. The number of hydrogen-bond donors (Lipinski definition) is 2. The van der Waals surface area contributed by atoms with Crippen molar-refractivity contribution >= 4 is 44.9 Å². The maximum Gasteiger partial charge on any atom is 0.233 e. The average molecular weight is 759 g/mol. The second-order valence-electron chi connectivity index (χ2n) is 14.1. The minimum Gasteiger partial charge on any atom is -0.508 e. The van der Waals surface area contributed by atoms with E-state index < -0.39 is 35.0 Å². The van der Waals surface area contributed by atoms with Crippen LogP contribution in [-0.4, -0.2) is 52.1 Å². The summed E-state index contributed by atoms with van der Waals surface area (Å²) in [6.45, 7) is 0.193. The van der Waals surface area contributed by atoms with E-state index >= 15 is 9.59 Å². The number of Topliss-reactive ketones (excluding diaryl/α,β-unsaturated/α-hetero) is 1. The quantitative estimate of drug-likeness (QED) is 0.155. The van der Waals surface area contributed by atoms with E-state index in [0.717, 1.165) is 11.1 Å². The Labute approximate surface area is 309 Å². The monoisotopic (exact) mass is 757 g/mol. The van der Waals surface area contributed by atoms with Crippen LogP contribution in [0.25, 0.3) is 5.57 Å². The summed E-state index contributed by atoms with van der Waals surface area (Å²) in [6.07, 6.45) is 4.46. The Bertz CT molecular complexity index is 2180. The van der Waals surface area contributed by atoms with E-state index in [1.807, 2.05) is 66.7 Å². The van der Waals surface area contributed by atoms with E-state index in [2.05, 4.69) is 15.9 Å². The highest BCUT2D eigenvalue weighted by Gasteiger charge is 2.66. The third kappa shape index (κ3) is 5.16. The molecule has 2 fully saturated rings. The molecule has 52 heavy (non-hydrogen) atoms. The first-order valence-corrected chi connectivity index (χ1v) is 18.2. The van der Waals surface area contributed by atoms with Crippen molar-refractivity contribution in [2.75, 3.05) is 13.7 Å². The highest BCUT2D eigenvalue weighted by atomic mass is 79.9. The van der Waals surface area contributed by atoms with Crippen LogP contribution in [0.5, 0.6) is 17.2 Å². The third-order valence-corrected chi connectivity index (χ3v) is 12.2. The van der Waals surface area contributed by atoms with Gasteiger partial charge in [0.05, 0.1) is 28.8 Å². The molecule has 2 N–H and O–H groups in total. The molecule has 0 spiro atoms. The number of carbonyl (C=O) groups excluding carboxylic acids is 4. The van der Waals surface area contributed by atoms with Crippen molar-refractivity contribution in [3.05, 3.63) is 142 Å². The van der Waals surface area contributed by atoms with Crippen molar-refractivity contribution in [3.63, 3.8) is 0 Å². The van der Waals surface area contributed by atoms with Gasteiger partial charge in [0.1, 0.15) is 5.75 Å². The number of fused-ring (bicyclic) bond motifs is 4. The highest BCUT2D eigenvalue weighted by Crippen LogP contribution is 2.64. The number of phenolic OH excluding ortho intramolecular Hbond substituents is 2. The summed E-state index contributed by atoms with van der Waals surface area (Å²) in [5, 5.41) is 20.6. The minimum atomic E-state index is -1.39. The van der Waals surface area contributed by atoms with Gasteiger partial charge in [0.2, 0.25) is 11.8 Å². The SMILES string of the molecule is COc1cc([C@H]2C3=CC[C@@H]4C(=O)N(CCc5ccc(O)cc5)C(=O)[C@@H]4[C@@H]3C[C@H]3C(=O)C(c4ccccc4)=CC(=O)[C@@]23c2ccccc2)cc(Br)c1O. The molecular weight excluding hydrogens is 722 g/mol. The Morgan fingerprint density at radius 1 is 0.865 bits per heavy atom. The summed E-state index contributed by atoms with van der Waals surface area (Å²) >= 11 is 3.50. The standard InChI is InChI=1S/C43H36BrNO7/c1-52-35-21-26(20-34(44)40(35)49)38-29-16-17-30-37(42(51)45(41(30)50)19-18-24-12-14-28(46)15-13-24)32(29)22-33-39(48)31(25-8-4-2-5-9-25)23-36(47)43(33,38)27-10-6-3-7-11-27/h2-16,20-21,23,30,32-33,37-38,46,49H,17-19,22H2,1H3/t30-,32+,33-,37-,38-,43-/m0/s1. The van der Waals surface area contributed by atoms with Gasteiger partial charge < -0.3 is 14.9 Å². The largest absolute Gasteiger partial charge is 0.508 e. The predicted molar refractivity (Wildman–Crippen MR) is 197 cm³/mol. The van der Waals surface area contributed by atoms with Crippen LogP contribution in [0.4, 0.5) is 0 Å². The van der Waals surface area contributed by atoms with Crippen LogP contribution in [-0.2, 0) is 31.0 Å². The van der Waals surface area contributed by atoms with E-state index in [4.69, 9.17) is 4.74 Å². The molecule has 4 aliphatic rings. The van der Waals surface area contributed by atoms with Crippen LogP contribution in [0, 0.1) is 23.7 Å². The number of benzene rings is 4. The molecule has 1 aliphatic heterocycles. The second-order valence-corrected chi connectivity index (χ2v) is 14.9. The number of allylic oxidation sites excluding steroid dienone is 4. The summed E-state index contributed by atoms with van der Waals surface area (Å²) in [4.78, 5) is 60.1. The predicted octanol–water partition coefficient (Wildman–Crippen LogP) is 6.94. The number of methoxy groups -OCH3 is 1. The third-order valence-electron chi connectivity index (χ3n) is 11.6. The number of likely N-dealkylation sites (tertiary alicyclic amines) is 1. The van der Waals surface area contributed by atoms with Crippen molar-refractivity contribution in [1.29, 1.82) is 0 Å². The first-order chi connectivity index (χ1) is 25.1. The zero-order valence-electron chi connectivity index (χ0n) is 28.4. The Balaban J connectivity index is 1.30. The number of amides is 2. The normalized spacial score (nSPS) is 26.7. The Morgan fingerprint density at radius 2 is 1.56 bits per heavy atom. The van der Waals surface area contributed by atoms with E-state index in [1.54, 1.807) is 36.4 Å². The molecule has 0 aromatic heterocycles. The first kappa shape index (κ1) is 33.8.